The van der Waals surface area contributed by atoms with E-state index in [0.717, 1.165) is 62.5 Å². The zero-order valence-corrected chi connectivity index (χ0v) is 19.9. The topological polar surface area (TPSA) is 149 Å². The number of hydrogen-bond donors (Lipinski definition) is 4. The molecule has 8 heteroatoms. The molecule has 190 valence electrons. The molecule has 0 amide bonds. The Balaban J connectivity index is 3.08. The predicted molar refractivity (Wildman–Crippen MR) is 127 cm³/mol. The molecule has 0 aromatic heterocycles. The molecule has 1 aromatic carbocycles. The maximum Gasteiger partial charge on any atom is 0.303 e. The number of benzene rings is 1. The number of rotatable bonds is 20. The summed E-state index contributed by atoms with van der Waals surface area (Å²) in [5.74, 6) is -3.28. The van der Waals surface area contributed by atoms with E-state index in [1.165, 1.54) is 11.1 Å². The van der Waals surface area contributed by atoms with Gasteiger partial charge in [-0.2, -0.15) is 0 Å². The third-order valence-corrected chi connectivity index (χ3v) is 5.93. The minimum atomic E-state index is -0.824. The van der Waals surface area contributed by atoms with Crippen molar-refractivity contribution < 1.29 is 39.6 Å². The Morgan fingerprint density at radius 2 is 0.706 bits per heavy atom. The molecule has 0 radical (unpaired) electrons. The van der Waals surface area contributed by atoms with Crippen LogP contribution in [0.25, 0.3) is 0 Å². The average Bonchev–Trinajstić information content (AvgIpc) is 2.75. The Morgan fingerprint density at radius 1 is 0.441 bits per heavy atom. The van der Waals surface area contributed by atoms with Gasteiger partial charge in [-0.25, -0.2) is 0 Å². The number of aliphatic carboxylic acids is 4. The van der Waals surface area contributed by atoms with E-state index in [9.17, 15) is 19.2 Å². The first-order valence-electron chi connectivity index (χ1n) is 12.2. The molecule has 0 aliphatic rings. The quantitative estimate of drug-likeness (QED) is 0.194. The Morgan fingerprint density at radius 3 is 0.971 bits per heavy atom. The standard InChI is InChI=1S/C26H38O8/c27-23(28)13-5-1-9-19-17-18-20(10-2-6-14-24(29)30)22(12-4-8-16-26(33)34)21(19)11-3-7-15-25(31)32/h17-18H,1-16H2,(H,27,28)(H,29,30)(H,31,32)(H,33,34). The third-order valence-electron chi connectivity index (χ3n) is 5.93. The van der Waals surface area contributed by atoms with Crippen LogP contribution >= 0.6 is 0 Å². The van der Waals surface area contributed by atoms with Crippen molar-refractivity contribution in [2.75, 3.05) is 0 Å². The molecule has 0 fully saturated rings. The highest BCUT2D eigenvalue weighted by Crippen LogP contribution is 2.27. The van der Waals surface area contributed by atoms with Gasteiger partial charge in [0.25, 0.3) is 0 Å². The highest BCUT2D eigenvalue weighted by atomic mass is 16.4. The normalized spacial score (nSPS) is 10.8. The Labute approximate surface area is 201 Å². The molecule has 0 spiro atoms. The molecular weight excluding hydrogens is 440 g/mol. The second-order valence-corrected chi connectivity index (χ2v) is 8.74. The molecule has 0 saturated carbocycles. The molecule has 8 nitrogen and oxygen atoms in total. The van der Waals surface area contributed by atoms with Crippen molar-refractivity contribution in [2.24, 2.45) is 0 Å². The minimum Gasteiger partial charge on any atom is -0.481 e. The molecule has 1 aromatic rings. The lowest BCUT2D eigenvalue weighted by Crippen LogP contribution is -2.08. The number of carboxylic acids is 4. The first-order chi connectivity index (χ1) is 16.2. The highest BCUT2D eigenvalue weighted by molar-refractivity contribution is 5.67. The molecule has 4 N–H and O–H groups in total. The van der Waals surface area contributed by atoms with Crippen LogP contribution in [0.2, 0.25) is 0 Å². The summed E-state index contributed by atoms with van der Waals surface area (Å²) < 4.78 is 0. The van der Waals surface area contributed by atoms with Gasteiger partial charge in [0.05, 0.1) is 0 Å². The fourth-order valence-electron chi connectivity index (χ4n) is 4.22. The first kappa shape index (κ1) is 29.1. The van der Waals surface area contributed by atoms with Gasteiger partial charge in [-0.3, -0.25) is 19.2 Å². The van der Waals surface area contributed by atoms with Crippen LogP contribution in [0.3, 0.4) is 0 Å². The van der Waals surface area contributed by atoms with Gasteiger partial charge in [0.1, 0.15) is 0 Å². The number of carbonyl (C=O) groups is 4. The summed E-state index contributed by atoms with van der Waals surface area (Å²) in [5.41, 5.74) is 4.63. The molecule has 0 bridgehead atoms. The van der Waals surface area contributed by atoms with Crippen molar-refractivity contribution in [1.29, 1.82) is 0 Å². The van der Waals surface area contributed by atoms with Gasteiger partial charge in [-0.15, -0.1) is 0 Å². The molecular formula is C26H38O8. The minimum absolute atomic E-state index is 0.108. The van der Waals surface area contributed by atoms with Crippen molar-refractivity contribution in [3.63, 3.8) is 0 Å². The zero-order valence-electron chi connectivity index (χ0n) is 19.9. The fourth-order valence-corrected chi connectivity index (χ4v) is 4.22. The van der Waals surface area contributed by atoms with Gasteiger partial charge in [-0.05, 0) is 99.3 Å². The van der Waals surface area contributed by atoms with Gasteiger partial charge in [0.15, 0.2) is 0 Å². The maximum atomic E-state index is 10.9. The smallest absolute Gasteiger partial charge is 0.303 e. The van der Waals surface area contributed by atoms with Gasteiger partial charge >= 0.3 is 23.9 Å². The van der Waals surface area contributed by atoms with Crippen LogP contribution in [0.5, 0.6) is 0 Å². The highest BCUT2D eigenvalue weighted by Gasteiger charge is 2.15. The summed E-state index contributed by atoms with van der Waals surface area (Å²) in [6, 6.07) is 4.14. The Hall–Kier alpha value is -2.90. The van der Waals surface area contributed by atoms with E-state index in [1.807, 2.05) is 0 Å². The second kappa shape index (κ2) is 16.7. The van der Waals surface area contributed by atoms with E-state index in [1.54, 1.807) is 0 Å². The zero-order chi connectivity index (χ0) is 25.3. The van der Waals surface area contributed by atoms with Gasteiger partial charge < -0.3 is 20.4 Å². The van der Waals surface area contributed by atoms with Crippen LogP contribution < -0.4 is 0 Å². The molecule has 0 heterocycles. The number of hydrogen-bond acceptors (Lipinski definition) is 4. The molecule has 0 aliphatic heterocycles. The second-order valence-electron chi connectivity index (χ2n) is 8.74. The fraction of sp³-hybridized carbons (Fsp3) is 0.615. The lowest BCUT2D eigenvalue weighted by atomic mass is 9.85. The van der Waals surface area contributed by atoms with Crippen LogP contribution in [-0.2, 0) is 44.9 Å². The van der Waals surface area contributed by atoms with Gasteiger partial charge in [-0.1, -0.05) is 12.1 Å². The van der Waals surface area contributed by atoms with E-state index >= 15 is 0 Å². The van der Waals surface area contributed by atoms with Crippen molar-refractivity contribution in [3.8, 4) is 0 Å². The summed E-state index contributed by atoms with van der Waals surface area (Å²) in [4.78, 5) is 43.5. The van der Waals surface area contributed by atoms with E-state index in [4.69, 9.17) is 20.4 Å². The molecule has 0 saturated heterocycles. The number of carboxylic acid groups (broad SMARTS) is 4. The van der Waals surface area contributed by atoms with Crippen LogP contribution in [0.15, 0.2) is 12.1 Å². The van der Waals surface area contributed by atoms with Crippen LogP contribution in [0.1, 0.15) is 99.3 Å². The van der Waals surface area contributed by atoms with E-state index in [2.05, 4.69) is 12.1 Å². The lowest BCUT2D eigenvalue weighted by molar-refractivity contribution is -0.138. The van der Waals surface area contributed by atoms with E-state index in [0.29, 0.717) is 25.7 Å². The molecule has 0 atom stereocenters. The summed E-state index contributed by atoms with van der Waals surface area (Å²) in [7, 11) is 0. The van der Waals surface area contributed by atoms with Crippen molar-refractivity contribution in [1.82, 2.24) is 0 Å². The summed E-state index contributed by atoms with van der Waals surface area (Å²) in [6.45, 7) is 0. The monoisotopic (exact) mass is 478 g/mol. The van der Waals surface area contributed by atoms with Crippen molar-refractivity contribution in [2.45, 2.75) is 103 Å². The van der Waals surface area contributed by atoms with Gasteiger partial charge in [0.2, 0.25) is 0 Å². The van der Waals surface area contributed by atoms with E-state index in [-0.39, 0.29) is 25.7 Å². The molecule has 0 unspecified atom stereocenters. The van der Waals surface area contributed by atoms with Crippen LogP contribution in [-0.4, -0.2) is 44.3 Å². The summed E-state index contributed by atoms with van der Waals surface area (Å²) >= 11 is 0. The summed E-state index contributed by atoms with van der Waals surface area (Å²) in [5, 5.41) is 35.7. The van der Waals surface area contributed by atoms with Crippen LogP contribution in [0.4, 0.5) is 0 Å². The Kier molecular flexibility index (Phi) is 14.3. The SMILES string of the molecule is O=C(O)CCCCc1ccc(CCCCC(=O)O)c(CCCCC(=O)O)c1CCCCC(=O)O. The maximum absolute atomic E-state index is 10.9. The lowest BCUT2D eigenvalue weighted by Gasteiger charge is -2.20. The third kappa shape index (κ3) is 13.0. The van der Waals surface area contributed by atoms with Crippen molar-refractivity contribution in [3.05, 3.63) is 34.4 Å². The number of unbranched alkanes of at least 4 members (excludes halogenated alkanes) is 4. The molecule has 34 heavy (non-hydrogen) atoms. The molecule has 0 aliphatic carbocycles. The number of aryl methyl sites for hydroxylation is 2. The average molecular weight is 479 g/mol. The Bertz CT molecular complexity index is 748. The van der Waals surface area contributed by atoms with Crippen LogP contribution in [0, 0.1) is 0 Å². The predicted octanol–water partition coefficient (Wildman–Crippen LogP) is 4.88. The first-order valence-corrected chi connectivity index (χ1v) is 12.2. The van der Waals surface area contributed by atoms with Gasteiger partial charge in [0, 0.05) is 25.7 Å². The summed E-state index contributed by atoms with van der Waals surface area (Å²) in [6.07, 6.45) is 8.60. The molecule has 1 rings (SSSR count). The van der Waals surface area contributed by atoms with E-state index < -0.39 is 23.9 Å². The largest absolute Gasteiger partial charge is 0.481 e. The van der Waals surface area contributed by atoms with Crippen molar-refractivity contribution >= 4 is 23.9 Å².